The second-order valence-electron chi connectivity index (χ2n) is 5.09. The van der Waals surface area contributed by atoms with Crippen LogP contribution in [0.15, 0.2) is 28.8 Å². The van der Waals surface area contributed by atoms with Crippen molar-refractivity contribution in [1.29, 1.82) is 0 Å². The first-order chi connectivity index (χ1) is 11.8. The van der Waals surface area contributed by atoms with Gasteiger partial charge in [-0.3, -0.25) is 4.57 Å². The molecule has 1 aromatic carbocycles. The Hall–Kier alpha value is -2.62. The van der Waals surface area contributed by atoms with Crippen molar-refractivity contribution in [3.63, 3.8) is 0 Å². The van der Waals surface area contributed by atoms with E-state index >= 15 is 0 Å². The number of rotatable bonds is 4. The Kier molecular flexibility index (Phi) is 4.38. The minimum Gasteiger partial charge on any atom is -0.452 e. The quantitative estimate of drug-likeness (QED) is 0.694. The summed E-state index contributed by atoms with van der Waals surface area (Å²) in [5.41, 5.74) is 0.608. The van der Waals surface area contributed by atoms with E-state index < -0.39 is 18.1 Å². The number of ether oxygens (including phenoxy) is 1. The molecule has 0 N–H and O–H groups in total. The van der Waals surface area contributed by atoms with Gasteiger partial charge < -0.3 is 9.26 Å². The third kappa shape index (κ3) is 3.58. The molecule has 2 aromatic heterocycles. The molecule has 1 atom stereocenters. The van der Waals surface area contributed by atoms with E-state index in [1.165, 1.54) is 0 Å². The van der Waals surface area contributed by atoms with Crippen molar-refractivity contribution in [3.05, 3.63) is 40.9 Å². The molecule has 7 nitrogen and oxygen atoms in total. The molecule has 0 amide bonds. The monoisotopic (exact) mass is 373 g/mol. The Labute approximate surface area is 144 Å². The molecule has 0 aliphatic heterocycles. The van der Waals surface area contributed by atoms with E-state index in [0.29, 0.717) is 15.2 Å². The van der Waals surface area contributed by atoms with Gasteiger partial charge in [-0.1, -0.05) is 27.9 Å². The van der Waals surface area contributed by atoms with Crippen LogP contribution in [0.5, 0.6) is 6.01 Å². The van der Waals surface area contributed by atoms with Gasteiger partial charge in [-0.15, -0.1) is 5.10 Å². The third-order valence-corrected chi connectivity index (χ3v) is 3.48. The number of hydrogen-bond acceptors (Lipinski definition) is 6. The van der Waals surface area contributed by atoms with Crippen molar-refractivity contribution in [2.45, 2.75) is 19.2 Å². The number of alkyl halides is 3. The summed E-state index contributed by atoms with van der Waals surface area (Å²) in [5.74, 6) is -0.809. The second kappa shape index (κ2) is 6.36. The lowest BCUT2D eigenvalue weighted by Crippen LogP contribution is -2.14. The van der Waals surface area contributed by atoms with Gasteiger partial charge in [-0.25, -0.2) is 0 Å². The smallest absolute Gasteiger partial charge is 0.451 e. The number of halogens is 4. The van der Waals surface area contributed by atoms with Crippen LogP contribution in [0.2, 0.25) is 5.02 Å². The molecule has 0 saturated carbocycles. The molecule has 0 spiro atoms. The van der Waals surface area contributed by atoms with Crippen LogP contribution in [-0.2, 0) is 13.2 Å². The largest absolute Gasteiger partial charge is 0.452 e. The van der Waals surface area contributed by atoms with Gasteiger partial charge >= 0.3 is 12.2 Å². The lowest BCUT2D eigenvalue weighted by molar-refractivity contribution is -0.147. The summed E-state index contributed by atoms with van der Waals surface area (Å²) in [6.07, 6.45) is -5.43. The maximum absolute atomic E-state index is 12.7. The van der Waals surface area contributed by atoms with E-state index in [1.54, 1.807) is 31.2 Å². The highest BCUT2D eigenvalue weighted by atomic mass is 35.5. The molecule has 1 unspecified atom stereocenters. The van der Waals surface area contributed by atoms with Crippen LogP contribution in [-0.4, -0.2) is 24.9 Å². The SMILES string of the molecule is CC(Oc1nnc(C(F)(F)F)n1C)c1noc(-c2cccc(Cl)c2)n1. The normalized spacial score (nSPS) is 13.0. The van der Waals surface area contributed by atoms with Gasteiger partial charge in [-0.05, 0) is 25.1 Å². The fourth-order valence-corrected chi connectivity index (χ4v) is 2.20. The molecule has 0 radical (unpaired) electrons. The zero-order valence-electron chi connectivity index (χ0n) is 13.0. The van der Waals surface area contributed by atoms with Gasteiger partial charge in [0.25, 0.3) is 5.89 Å². The first kappa shape index (κ1) is 17.2. The van der Waals surface area contributed by atoms with Crippen LogP contribution < -0.4 is 4.74 Å². The Morgan fingerprint density at radius 1 is 1.28 bits per heavy atom. The standard InChI is InChI=1S/C14H11ClF3N5O2/c1-7(24-13-21-20-12(23(13)2)14(16,17)18)10-19-11(25-22-10)8-4-3-5-9(15)6-8/h3-7H,1-2H3. The molecular formula is C14H11ClF3N5O2. The van der Waals surface area contributed by atoms with Crippen molar-refractivity contribution < 1.29 is 22.4 Å². The predicted octanol–water partition coefficient (Wildman–Crippen LogP) is 3.68. The summed E-state index contributed by atoms with van der Waals surface area (Å²) < 4.78 is 49.3. The summed E-state index contributed by atoms with van der Waals surface area (Å²) in [5, 5.41) is 10.7. The van der Waals surface area contributed by atoms with Crippen LogP contribution in [0.4, 0.5) is 13.2 Å². The Balaban J connectivity index is 1.79. The van der Waals surface area contributed by atoms with Gasteiger partial charge in [0.05, 0.1) is 0 Å². The molecule has 132 valence electrons. The van der Waals surface area contributed by atoms with Gasteiger partial charge in [0.15, 0.2) is 6.10 Å². The van der Waals surface area contributed by atoms with Crippen LogP contribution >= 0.6 is 11.6 Å². The molecule has 3 rings (SSSR count). The molecule has 0 bridgehead atoms. The minimum atomic E-state index is -4.63. The molecule has 3 aromatic rings. The second-order valence-corrected chi connectivity index (χ2v) is 5.53. The Bertz CT molecular complexity index is 893. The van der Waals surface area contributed by atoms with Crippen LogP contribution in [0.1, 0.15) is 24.7 Å². The maximum Gasteiger partial charge on any atom is 0.451 e. The average molecular weight is 374 g/mol. The fourth-order valence-electron chi connectivity index (χ4n) is 2.01. The lowest BCUT2D eigenvalue weighted by atomic mass is 10.2. The molecule has 25 heavy (non-hydrogen) atoms. The van der Waals surface area contributed by atoms with Crippen molar-refractivity contribution in [1.82, 2.24) is 24.9 Å². The van der Waals surface area contributed by atoms with E-state index in [2.05, 4.69) is 20.3 Å². The summed E-state index contributed by atoms with van der Waals surface area (Å²) in [4.78, 5) is 4.16. The first-order valence-corrected chi connectivity index (χ1v) is 7.36. The maximum atomic E-state index is 12.7. The molecular weight excluding hydrogens is 363 g/mol. The van der Waals surface area contributed by atoms with Crippen LogP contribution in [0.25, 0.3) is 11.5 Å². The van der Waals surface area contributed by atoms with E-state index in [0.717, 1.165) is 7.05 Å². The third-order valence-electron chi connectivity index (χ3n) is 3.25. The molecule has 2 heterocycles. The number of hydrogen-bond donors (Lipinski definition) is 0. The predicted molar refractivity (Wildman–Crippen MR) is 79.8 cm³/mol. The number of benzene rings is 1. The average Bonchev–Trinajstić information content (AvgIpc) is 3.15. The van der Waals surface area contributed by atoms with Crippen molar-refractivity contribution in [2.75, 3.05) is 0 Å². The fraction of sp³-hybridized carbons (Fsp3) is 0.286. The van der Waals surface area contributed by atoms with E-state index in [4.69, 9.17) is 20.9 Å². The molecule has 0 aliphatic rings. The van der Waals surface area contributed by atoms with Gasteiger partial charge in [0.2, 0.25) is 11.6 Å². The van der Waals surface area contributed by atoms with Gasteiger partial charge in [0, 0.05) is 17.6 Å². The van der Waals surface area contributed by atoms with Crippen molar-refractivity contribution in [2.24, 2.45) is 7.05 Å². The molecule has 11 heteroatoms. The van der Waals surface area contributed by atoms with Crippen molar-refractivity contribution >= 4 is 11.6 Å². The van der Waals surface area contributed by atoms with E-state index in [-0.39, 0.29) is 17.7 Å². The highest BCUT2D eigenvalue weighted by molar-refractivity contribution is 6.30. The molecule has 0 aliphatic carbocycles. The molecule has 0 fully saturated rings. The van der Waals surface area contributed by atoms with Crippen LogP contribution in [0, 0.1) is 0 Å². The van der Waals surface area contributed by atoms with Gasteiger partial charge in [0.1, 0.15) is 0 Å². The minimum absolute atomic E-state index is 0.145. The zero-order chi connectivity index (χ0) is 18.2. The Morgan fingerprint density at radius 3 is 2.68 bits per heavy atom. The van der Waals surface area contributed by atoms with Gasteiger partial charge in [-0.2, -0.15) is 18.2 Å². The highest BCUT2D eigenvalue weighted by Crippen LogP contribution is 2.30. The summed E-state index contributed by atoms with van der Waals surface area (Å²) >= 11 is 5.90. The summed E-state index contributed by atoms with van der Waals surface area (Å²) in [6, 6.07) is 6.48. The van der Waals surface area contributed by atoms with Crippen molar-refractivity contribution in [3.8, 4) is 17.5 Å². The summed E-state index contributed by atoms with van der Waals surface area (Å²) in [6.45, 7) is 1.55. The summed E-state index contributed by atoms with van der Waals surface area (Å²) in [7, 11) is 1.15. The topological polar surface area (TPSA) is 78.9 Å². The Morgan fingerprint density at radius 2 is 2.04 bits per heavy atom. The molecule has 0 saturated heterocycles. The number of nitrogens with zero attached hydrogens (tertiary/aromatic N) is 5. The zero-order valence-corrected chi connectivity index (χ0v) is 13.7. The van der Waals surface area contributed by atoms with E-state index in [9.17, 15) is 13.2 Å². The van der Waals surface area contributed by atoms with E-state index in [1.807, 2.05) is 0 Å². The lowest BCUT2D eigenvalue weighted by Gasteiger charge is -2.10. The first-order valence-electron chi connectivity index (χ1n) is 6.98. The van der Waals surface area contributed by atoms with Crippen LogP contribution in [0.3, 0.4) is 0 Å². The highest BCUT2D eigenvalue weighted by Gasteiger charge is 2.38. The number of aromatic nitrogens is 5.